The topological polar surface area (TPSA) is 177 Å². The van der Waals surface area contributed by atoms with Gasteiger partial charge in [0.1, 0.15) is 18.2 Å². The Bertz CT molecular complexity index is 1150. The van der Waals surface area contributed by atoms with Gasteiger partial charge in [-0.3, -0.25) is 9.59 Å². The third-order valence-electron chi connectivity index (χ3n) is 5.95. The molecule has 1 fully saturated rings. The average molecular weight is 570 g/mol. The molecule has 0 bridgehead atoms. The van der Waals surface area contributed by atoms with Gasteiger partial charge in [-0.1, -0.05) is 53.5 Å². The first-order valence-electron chi connectivity index (χ1n) is 11.5. The number of hydrogen-bond donors (Lipinski definition) is 5. The molecule has 38 heavy (non-hydrogen) atoms. The molecule has 0 aliphatic carbocycles. The van der Waals surface area contributed by atoms with Crippen molar-refractivity contribution >= 4 is 41.0 Å². The standard InChI is InChI=1S/C25H28Cl2N2O9/c1-13(30)29-20-18(31)10-25(24(35)36,37-12-14-5-3-2-4-6-14)38-22(20)21(33)19(32)11-28-23(34)15-7-8-16(26)17(27)9-15/h2-9,18-22,31-33H,10-12H2,1H3,(H,28,34)(H,29,30)(H,35,36)/p-1/t18-,19+,20+,21+,22+,25-/m0/s1. The van der Waals surface area contributed by atoms with Crippen LogP contribution in [0, 0.1) is 0 Å². The number of carbonyl (C=O) groups excluding carboxylic acids is 3. The Morgan fingerprint density at radius 1 is 1.16 bits per heavy atom. The summed E-state index contributed by atoms with van der Waals surface area (Å²) in [5.74, 6) is -5.59. The fourth-order valence-electron chi connectivity index (χ4n) is 3.99. The van der Waals surface area contributed by atoms with E-state index in [9.17, 15) is 34.8 Å². The Morgan fingerprint density at radius 2 is 1.84 bits per heavy atom. The first-order chi connectivity index (χ1) is 17.9. The fourth-order valence-corrected chi connectivity index (χ4v) is 4.29. The van der Waals surface area contributed by atoms with E-state index in [4.69, 9.17) is 32.7 Å². The molecule has 1 heterocycles. The Kier molecular flexibility index (Phi) is 10.1. The van der Waals surface area contributed by atoms with Crippen molar-refractivity contribution in [1.29, 1.82) is 0 Å². The number of halogens is 2. The van der Waals surface area contributed by atoms with Crippen molar-refractivity contribution in [3.05, 3.63) is 69.7 Å². The van der Waals surface area contributed by atoms with Crippen LogP contribution in [0.3, 0.4) is 0 Å². The number of hydrogen-bond acceptors (Lipinski definition) is 9. The minimum atomic E-state index is -2.51. The number of amides is 2. The van der Waals surface area contributed by atoms with Gasteiger partial charge in [-0.2, -0.15) is 0 Å². The summed E-state index contributed by atoms with van der Waals surface area (Å²) < 4.78 is 11.2. The van der Waals surface area contributed by atoms with Gasteiger partial charge in [0.15, 0.2) is 0 Å². The third kappa shape index (κ3) is 7.20. The number of carbonyl (C=O) groups is 3. The summed E-state index contributed by atoms with van der Waals surface area (Å²) in [6.07, 6.45) is -7.50. The van der Waals surface area contributed by atoms with E-state index in [2.05, 4.69) is 10.6 Å². The van der Waals surface area contributed by atoms with Gasteiger partial charge in [0.05, 0.1) is 34.9 Å². The summed E-state index contributed by atoms with van der Waals surface area (Å²) in [4.78, 5) is 36.4. The molecule has 0 saturated carbocycles. The summed E-state index contributed by atoms with van der Waals surface area (Å²) in [6.45, 7) is 0.403. The Labute approximate surface area is 228 Å². The van der Waals surface area contributed by atoms with E-state index in [0.29, 0.717) is 5.56 Å². The summed E-state index contributed by atoms with van der Waals surface area (Å²) >= 11 is 11.8. The third-order valence-corrected chi connectivity index (χ3v) is 6.69. The molecular weight excluding hydrogens is 543 g/mol. The molecule has 0 aromatic heterocycles. The molecule has 2 aromatic carbocycles. The molecule has 6 atom stereocenters. The van der Waals surface area contributed by atoms with Crippen LogP contribution in [0.2, 0.25) is 10.0 Å². The zero-order chi connectivity index (χ0) is 28.0. The highest BCUT2D eigenvalue weighted by Gasteiger charge is 2.52. The quantitative estimate of drug-likeness (QED) is 0.258. The predicted octanol–water partition coefficient (Wildman–Crippen LogP) is -0.237. The van der Waals surface area contributed by atoms with Gasteiger partial charge >= 0.3 is 0 Å². The number of benzene rings is 2. The Morgan fingerprint density at radius 3 is 2.45 bits per heavy atom. The number of aliphatic hydroxyl groups is 3. The highest BCUT2D eigenvalue weighted by molar-refractivity contribution is 6.42. The van der Waals surface area contributed by atoms with E-state index in [1.165, 1.54) is 18.2 Å². The first kappa shape index (κ1) is 29.8. The monoisotopic (exact) mass is 569 g/mol. The summed E-state index contributed by atoms with van der Waals surface area (Å²) in [6, 6.07) is 11.3. The van der Waals surface area contributed by atoms with Gasteiger partial charge in [0.2, 0.25) is 11.7 Å². The number of carboxylic acids is 1. The Hall–Kier alpha value is -2.77. The molecule has 11 nitrogen and oxygen atoms in total. The molecule has 2 aromatic rings. The van der Waals surface area contributed by atoms with E-state index in [1.807, 2.05) is 0 Å². The van der Waals surface area contributed by atoms with Gasteiger partial charge in [-0.05, 0) is 23.8 Å². The van der Waals surface area contributed by atoms with Crippen molar-refractivity contribution in [2.45, 2.75) is 56.2 Å². The molecule has 0 radical (unpaired) electrons. The Balaban J connectivity index is 1.78. The maximum atomic E-state index is 12.4. The van der Waals surface area contributed by atoms with Gasteiger partial charge in [-0.25, -0.2) is 0 Å². The fraction of sp³-hybridized carbons (Fsp3) is 0.400. The van der Waals surface area contributed by atoms with Crippen LogP contribution >= 0.6 is 23.2 Å². The largest absolute Gasteiger partial charge is 0.544 e. The number of aliphatic hydroxyl groups excluding tert-OH is 3. The summed E-state index contributed by atoms with van der Waals surface area (Å²) in [5.41, 5.74) is 0.726. The number of ether oxygens (including phenoxy) is 2. The average Bonchev–Trinajstić information content (AvgIpc) is 2.88. The maximum Gasteiger partial charge on any atom is 0.251 e. The number of aliphatic carboxylic acids is 1. The summed E-state index contributed by atoms with van der Waals surface area (Å²) in [7, 11) is 0. The smallest absolute Gasteiger partial charge is 0.251 e. The van der Waals surface area contributed by atoms with E-state index in [1.54, 1.807) is 30.3 Å². The number of carboxylic acid groups (broad SMARTS) is 1. The van der Waals surface area contributed by atoms with Crippen molar-refractivity contribution in [3.63, 3.8) is 0 Å². The lowest BCUT2D eigenvalue weighted by molar-refractivity contribution is -0.383. The lowest BCUT2D eigenvalue weighted by Crippen LogP contribution is -2.69. The van der Waals surface area contributed by atoms with Gasteiger partial charge < -0.3 is 45.3 Å². The second-order valence-electron chi connectivity index (χ2n) is 8.79. The van der Waals surface area contributed by atoms with Crippen molar-refractivity contribution in [3.8, 4) is 0 Å². The second kappa shape index (κ2) is 12.9. The van der Waals surface area contributed by atoms with Crippen LogP contribution in [0.25, 0.3) is 0 Å². The van der Waals surface area contributed by atoms with E-state index < -0.39 is 67.0 Å². The molecule has 5 N–H and O–H groups in total. The van der Waals surface area contributed by atoms with Crippen molar-refractivity contribution in [2.24, 2.45) is 0 Å². The van der Waals surface area contributed by atoms with Crippen LogP contribution in [0.5, 0.6) is 0 Å². The first-order valence-corrected chi connectivity index (χ1v) is 12.3. The second-order valence-corrected chi connectivity index (χ2v) is 9.61. The molecule has 13 heteroatoms. The van der Waals surface area contributed by atoms with E-state index in [0.717, 1.165) is 6.92 Å². The summed E-state index contributed by atoms with van der Waals surface area (Å²) in [5, 5.41) is 49.6. The van der Waals surface area contributed by atoms with Crippen molar-refractivity contribution in [2.75, 3.05) is 6.54 Å². The lowest BCUT2D eigenvalue weighted by atomic mass is 9.88. The highest BCUT2D eigenvalue weighted by Crippen LogP contribution is 2.33. The normalized spacial score (nSPS) is 24.7. The molecule has 1 aliphatic heterocycles. The molecular formula is C25H27Cl2N2O9-. The zero-order valence-electron chi connectivity index (χ0n) is 20.2. The van der Waals surface area contributed by atoms with Gasteiger partial charge in [0, 0.05) is 25.5 Å². The van der Waals surface area contributed by atoms with Crippen molar-refractivity contribution < 1.29 is 44.3 Å². The SMILES string of the molecule is CC(=O)N[C@H]1[C@H]([C@H](O)[C@H](O)CNC(=O)c2ccc(Cl)c(Cl)c2)O[C@](OCc2ccccc2)(C(=O)[O-])C[C@@H]1O. The molecule has 1 saturated heterocycles. The van der Waals surface area contributed by atoms with E-state index >= 15 is 0 Å². The van der Waals surface area contributed by atoms with Gasteiger partial charge in [0.25, 0.3) is 5.91 Å². The van der Waals surface area contributed by atoms with Crippen molar-refractivity contribution in [1.82, 2.24) is 10.6 Å². The predicted molar refractivity (Wildman–Crippen MR) is 133 cm³/mol. The molecule has 2 amide bonds. The maximum absolute atomic E-state index is 12.4. The minimum Gasteiger partial charge on any atom is -0.544 e. The molecule has 0 spiro atoms. The van der Waals surface area contributed by atoms with Crippen LogP contribution in [0.15, 0.2) is 48.5 Å². The van der Waals surface area contributed by atoms with E-state index in [-0.39, 0.29) is 22.2 Å². The van der Waals surface area contributed by atoms with Crippen LogP contribution in [-0.4, -0.2) is 75.9 Å². The number of nitrogens with one attached hydrogen (secondary N) is 2. The van der Waals surface area contributed by atoms with Crippen LogP contribution < -0.4 is 15.7 Å². The molecule has 206 valence electrons. The number of rotatable bonds is 10. The highest BCUT2D eigenvalue weighted by atomic mass is 35.5. The van der Waals surface area contributed by atoms with Crippen LogP contribution in [-0.2, 0) is 25.7 Å². The van der Waals surface area contributed by atoms with Crippen LogP contribution in [0.4, 0.5) is 0 Å². The molecule has 1 aliphatic rings. The minimum absolute atomic E-state index is 0.131. The van der Waals surface area contributed by atoms with Crippen LogP contribution in [0.1, 0.15) is 29.3 Å². The molecule has 3 rings (SSSR count). The zero-order valence-corrected chi connectivity index (χ0v) is 21.7. The lowest BCUT2D eigenvalue weighted by Gasteiger charge is -2.48. The molecule has 0 unspecified atom stereocenters. The van der Waals surface area contributed by atoms with Gasteiger partial charge in [-0.15, -0.1) is 0 Å².